The fourth-order valence-corrected chi connectivity index (χ4v) is 3.03. The van der Waals surface area contributed by atoms with Gasteiger partial charge < -0.3 is 10.6 Å². The summed E-state index contributed by atoms with van der Waals surface area (Å²) >= 11 is 1.72. The Kier molecular flexibility index (Phi) is 10.0. The van der Waals surface area contributed by atoms with Crippen LogP contribution >= 0.6 is 35.3 Å². The molecule has 0 aromatic carbocycles. The van der Waals surface area contributed by atoms with Crippen LogP contribution in [0.3, 0.4) is 0 Å². The number of nitrogens with zero attached hydrogens (tertiary/aromatic N) is 1. The SMILES string of the molecule is C=CCNC(=NCC(C)(C)c1cccs1)NCCS(C)(=O)=O.I. The van der Waals surface area contributed by atoms with Crippen molar-refractivity contribution < 1.29 is 8.42 Å². The second-order valence-electron chi connectivity index (χ2n) is 5.75. The average Bonchev–Trinajstić information content (AvgIpc) is 2.94. The average molecular weight is 471 g/mol. The molecule has 0 aliphatic carbocycles. The molecule has 0 amide bonds. The first-order chi connectivity index (χ1) is 10.2. The minimum absolute atomic E-state index is 0. The Morgan fingerprint density at radius 2 is 2.13 bits per heavy atom. The van der Waals surface area contributed by atoms with Gasteiger partial charge in [0.1, 0.15) is 9.84 Å². The van der Waals surface area contributed by atoms with Crippen molar-refractivity contribution in [2.45, 2.75) is 19.3 Å². The lowest BCUT2D eigenvalue weighted by molar-refractivity contribution is 0.549. The van der Waals surface area contributed by atoms with Crippen LogP contribution in [-0.4, -0.2) is 46.0 Å². The monoisotopic (exact) mass is 471 g/mol. The number of guanidine groups is 1. The minimum atomic E-state index is -2.98. The summed E-state index contributed by atoms with van der Waals surface area (Å²) in [4.78, 5) is 5.84. The molecule has 0 bridgehead atoms. The highest BCUT2D eigenvalue weighted by Gasteiger charge is 2.21. The number of aliphatic imine (C=N–C) groups is 1. The zero-order valence-electron chi connectivity index (χ0n) is 13.8. The molecule has 0 radical (unpaired) electrons. The molecule has 1 rings (SSSR count). The summed E-state index contributed by atoms with van der Waals surface area (Å²) in [6.07, 6.45) is 2.96. The fourth-order valence-electron chi connectivity index (χ4n) is 1.72. The van der Waals surface area contributed by atoms with E-state index in [-0.39, 0.29) is 35.1 Å². The molecular weight excluding hydrogens is 445 g/mol. The smallest absolute Gasteiger partial charge is 0.191 e. The topological polar surface area (TPSA) is 70.6 Å². The van der Waals surface area contributed by atoms with Gasteiger partial charge in [-0.25, -0.2) is 8.42 Å². The molecule has 2 N–H and O–H groups in total. The van der Waals surface area contributed by atoms with Gasteiger partial charge in [-0.3, -0.25) is 4.99 Å². The summed E-state index contributed by atoms with van der Waals surface area (Å²) in [5.41, 5.74) is -0.0617. The van der Waals surface area contributed by atoms with Crippen LogP contribution in [0, 0.1) is 0 Å². The molecule has 0 atom stereocenters. The number of sulfone groups is 1. The van der Waals surface area contributed by atoms with Crippen LogP contribution in [0.4, 0.5) is 0 Å². The Hall–Kier alpha value is -0.610. The van der Waals surface area contributed by atoms with Crippen molar-refractivity contribution in [1.29, 1.82) is 0 Å². The normalized spacial score (nSPS) is 12.4. The summed E-state index contributed by atoms with van der Waals surface area (Å²) in [6, 6.07) is 4.14. The van der Waals surface area contributed by atoms with Gasteiger partial charge in [-0.1, -0.05) is 26.0 Å². The van der Waals surface area contributed by atoms with Crippen LogP contribution in [0.1, 0.15) is 18.7 Å². The van der Waals surface area contributed by atoms with E-state index in [2.05, 4.69) is 47.5 Å². The van der Waals surface area contributed by atoms with Gasteiger partial charge in [-0.15, -0.1) is 41.9 Å². The van der Waals surface area contributed by atoms with E-state index >= 15 is 0 Å². The van der Waals surface area contributed by atoms with Gasteiger partial charge in [0.05, 0.1) is 12.3 Å². The standard InChI is InChI=1S/C15H25N3O2S2.HI/c1-5-8-16-14(17-9-11-22(4,19)20)18-12-15(2,3)13-7-6-10-21-13;/h5-7,10H,1,8-9,11-12H2,2-4H3,(H2,16,17,18);1H. The summed E-state index contributed by atoms with van der Waals surface area (Å²) in [7, 11) is -2.98. The van der Waals surface area contributed by atoms with Crippen molar-refractivity contribution in [3.8, 4) is 0 Å². The Morgan fingerprint density at radius 3 is 2.65 bits per heavy atom. The lowest BCUT2D eigenvalue weighted by Crippen LogP contribution is -2.40. The number of halogens is 1. The third-order valence-corrected chi connectivity index (χ3v) is 5.18. The van der Waals surface area contributed by atoms with Gasteiger partial charge >= 0.3 is 0 Å². The lowest BCUT2D eigenvalue weighted by Gasteiger charge is -2.21. The molecule has 0 unspecified atom stereocenters. The molecule has 0 fully saturated rings. The molecule has 0 spiro atoms. The highest BCUT2D eigenvalue weighted by molar-refractivity contribution is 14.0. The number of thiophene rings is 1. The van der Waals surface area contributed by atoms with Gasteiger partial charge in [-0.05, 0) is 11.4 Å². The van der Waals surface area contributed by atoms with Gasteiger partial charge in [0.15, 0.2) is 5.96 Å². The lowest BCUT2D eigenvalue weighted by atomic mass is 9.92. The molecule has 1 aromatic rings. The van der Waals surface area contributed by atoms with E-state index in [4.69, 9.17) is 0 Å². The van der Waals surface area contributed by atoms with Crippen molar-refractivity contribution in [3.63, 3.8) is 0 Å². The number of hydrogen-bond acceptors (Lipinski definition) is 4. The molecule has 132 valence electrons. The highest BCUT2D eigenvalue weighted by Crippen LogP contribution is 2.27. The Balaban J connectivity index is 0.00000484. The van der Waals surface area contributed by atoms with Gasteiger partial charge in [0.2, 0.25) is 0 Å². The molecule has 1 heterocycles. The van der Waals surface area contributed by atoms with E-state index in [1.54, 1.807) is 17.4 Å². The molecule has 1 aromatic heterocycles. The molecular formula is C15H26IN3O2S2. The van der Waals surface area contributed by atoms with Crippen molar-refractivity contribution >= 4 is 51.1 Å². The van der Waals surface area contributed by atoms with Crippen molar-refractivity contribution in [3.05, 3.63) is 35.0 Å². The first-order valence-corrected chi connectivity index (χ1v) is 10.0. The Morgan fingerprint density at radius 1 is 1.43 bits per heavy atom. The summed E-state index contributed by atoms with van der Waals surface area (Å²) in [6.45, 7) is 9.47. The molecule has 8 heteroatoms. The molecule has 0 saturated heterocycles. The Labute approximate surface area is 160 Å². The second-order valence-corrected chi connectivity index (χ2v) is 8.96. The highest BCUT2D eigenvalue weighted by atomic mass is 127. The van der Waals surface area contributed by atoms with Crippen LogP contribution in [0.2, 0.25) is 0 Å². The van der Waals surface area contributed by atoms with E-state index in [0.29, 0.717) is 25.6 Å². The van der Waals surface area contributed by atoms with E-state index in [1.807, 2.05) is 6.07 Å². The Bertz CT molecular complexity index is 596. The molecule has 0 aliphatic rings. The quantitative estimate of drug-likeness (QED) is 0.265. The first kappa shape index (κ1) is 22.4. The van der Waals surface area contributed by atoms with Crippen LogP contribution in [0.5, 0.6) is 0 Å². The first-order valence-electron chi connectivity index (χ1n) is 7.09. The van der Waals surface area contributed by atoms with Crippen molar-refractivity contribution in [2.75, 3.05) is 31.6 Å². The number of nitrogens with one attached hydrogen (secondary N) is 2. The maximum absolute atomic E-state index is 11.2. The molecule has 0 aliphatic heterocycles. The van der Waals surface area contributed by atoms with Gasteiger partial charge in [0.25, 0.3) is 0 Å². The summed E-state index contributed by atoms with van der Waals surface area (Å²) in [5.74, 6) is 0.684. The van der Waals surface area contributed by atoms with E-state index < -0.39 is 9.84 Å². The van der Waals surface area contributed by atoms with Crippen molar-refractivity contribution in [1.82, 2.24) is 10.6 Å². The predicted molar refractivity (Wildman–Crippen MR) is 111 cm³/mol. The van der Waals surface area contributed by atoms with Crippen LogP contribution in [-0.2, 0) is 15.3 Å². The zero-order valence-corrected chi connectivity index (χ0v) is 17.8. The number of hydrogen-bond donors (Lipinski definition) is 2. The third kappa shape index (κ3) is 9.31. The van der Waals surface area contributed by atoms with Gasteiger partial charge in [0, 0.05) is 29.6 Å². The zero-order chi connectivity index (χ0) is 16.6. The molecule has 0 saturated carbocycles. The third-order valence-electron chi connectivity index (χ3n) is 3.00. The molecule has 5 nitrogen and oxygen atoms in total. The van der Waals surface area contributed by atoms with Crippen molar-refractivity contribution in [2.24, 2.45) is 4.99 Å². The van der Waals surface area contributed by atoms with E-state index in [1.165, 1.54) is 11.1 Å². The van der Waals surface area contributed by atoms with Gasteiger partial charge in [-0.2, -0.15) is 0 Å². The minimum Gasteiger partial charge on any atom is -0.355 e. The maximum atomic E-state index is 11.2. The fraction of sp³-hybridized carbons (Fsp3) is 0.533. The maximum Gasteiger partial charge on any atom is 0.191 e. The second kappa shape index (κ2) is 10.3. The summed E-state index contributed by atoms with van der Waals surface area (Å²) < 4.78 is 22.4. The van der Waals surface area contributed by atoms with Crippen LogP contribution < -0.4 is 10.6 Å². The largest absolute Gasteiger partial charge is 0.355 e. The predicted octanol–water partition coefficient (Wildman–Crippen LogP) is 2.41. The van der Waals surface area contributed by atoms with E-state index in [0.717, 1.165) is 0 Å². The number of rotatable bonds is 8. The van der Waals surface area contributed by atoms with Crippen LogP contribution in [0.25, 0.3) is 0 Å². The van der Waals surface area contributed by atoms with Crippen LogP contribution in [0.15, 0.2) is 35.2 Å². The van der Waals surface area contributed by atoms with E-state index in [9.17, 15) is 8.42 Å². The summed E-state index contributed by atoms with van der Waals surface area (Å²) in [5, 5.41) is 8.20. The molecule has 23 heavy (non-hydrogen) atoms.